The Kier molecular flexibility index (Phi) is 6.21. The Morgan fingerprint density at radius 2 is 1.17 bits per heavy atom. The highest BCUT2D eigenvalue weighted by Gasteiger charge is 2.08. The number of hydrogen-bond acceptors (Lipinski definition) is 4. The Bertz CT molecular complexity index is 587. The molecule has 0 unspecified atom stereocenters. The molecular weight excluding hydrogens is 291 g/mol. The summed E-state index contributed by atoms with van der Waals surface area (Å²) < 4.78 is 22.1. The Morgan fingerprint density at radius 1 is 0.739 bits per heavy atom. The molecule has 0 aliphatic carbocycles. The van der Waals surface area contributed by atoms with Crippen LogP contribution in [-0.4, -0.2) is 20.9 Å². The maximum absolute atomic E-state index is 5.57. The average molecular weight is 313 g/mol. The third-order valence-corrected chi connectivity index (χ3v) is 3.26. The average Bonchev–Trinajstić information content (AvgIpc) is 2.52. The van der Waals surface area contributed by atoms with Crippen LogP contribution >= 0.6 is 0 Å². The van der Waals surface area contributed by atoms with Crippen molar-refractivity contribution in [1.82, 2.24) is 0 Å². The van der Waals surface area contributed by atoms with Crippen molar-refractivity contribution in [2.45, 2.75) is 27.7 Å². The monoisotopic (exact) mass is 313 g/mol. The molecule has 0 N–H and O–H groups in total. The van der Waals surface area contributed by atoms with Gasteiger partial charge in [0.05, 0.1) is 13.2 Å². The lowest BCUT2D eigenvalue weighted by molar-refractivity contribution is 0.339. The van der Waals surface area contributed by atoms with Gasteiger partial charge in [-0.15, -0.1) is 0 Å². The first kappa shape index (κ1) is 17.1. The van der Waals surface area contributed by atoms with Crippen LogP contribution in [0.4, 0.5) is 0 Å². The first-order chi connectivity index (χ1) is 11.1. The molecule has 0 heterocycles. The summed E-state index contributed by atoms with van der Waals surface area (Å²) in [5.41, 5.74) is 1.97. The van der Waals surface area contributed by atoms with Crippen molar-refractivity contribution >= 4 is 7.69 Å². The summed E-state index contributed by atoms with van der Waals surface area (Å²) in [5, 5.41) is 0. The fourth-order valence-electron chi connectivity index (χ4n) is 2.15. The van der Waals surface area contributed by atoms with Gasteiger partial charge in [-0.25, -0.2) is 0 Å². The molecule has 121 valence electrons. The van der Waals surface area contributed by atoms with Crippen LogP contribution in [0.25, 0.3) is 0 Å². The van der Waals surface area contributed by atoms with Crippen molar-refractivity contribution in [3.05, 3.63) is 47.5 Å². The molecule has 0 bridgehead atoms. The summed E-state index contributed by atoms with van der Waals surface area (Å²) in [4.78, 5) is 0. The quantitative estimate of drug-likeness (QED) is 0.688. The van der Waals surface area contributed by atoms with E-state index in [1.165, 1.54) is 7.69 Å². The van der Waals surface area contributed by atoms with Gasteiger partial charge in [-0.1, -0.05) is 0 Å². The molecule has 0 amide bonds. The van der Waals surface area contributed by atoms with E-state index in [-0.39, 0.29) is 0 Å². The highest BCUT2D eigenvalue weighted by molar-refractivity contribution is 6.20. The molecule has 4 nitrogen and oxygen atoms in total. The van der Waals surface area contributed by atoms with Crippen LogP contribution in [-0.2, 0) is 0 Å². The predicted molar refractivity (Wildman–Crippen MR) is 91.7 cm³/mol. The van der Waals surface area contributed by atoms with Crippen molar-refractivity contribution in [2.24, 2.45) is 0 Å². The number of hydrogen-bond donors (Lipinski definition) is 0. The molecule has 2 aromatic carbocycles. The van der Waals surface area contributed by atoms with Crippen LogP contribution in [0.1, 0.15) is 25.0 Å². The zero-order valence-corrected chi connectivity index (χ0v) is 14.1. The van der Waals surface area contributed by atoms with Crippen LogP contribution in [0.15, 0.2) is 36.4 Å². The number of ether oxygens (including phenoxy) is 2. The van der Waals surface area contributed by atoms with Gasteiger partial charge in [0.15, 0.2) is 0 Å². The summed E-state index contributed by atoms with van der Waals surface area (Å²) in [6, 6.07) is 11.4. The van der Waals surface area contributed by atoms with E-state index in [2.05, 4.69) is 0 Å². The zero-order chi connectivity index (χ0) is 16.7. The van der Waals surface area contributed by atoms with Gasteiger partial charge in [-0.05, 0) is 75.2 Å². The second kappa shape index (κ2) is 8.37. The van der Waals surface area contributed by atoms with Gasteiger partial charge in [0.1, 0.15) is 23.0 Å². The molecular formula is C18H22BO4. The Hall–Kier alpha value is -2.30. The summed E-state index contributed by atoms with van der Waals surface area (Å²) >= 11 is 0. The molecule has 0 saturated carbocycles. The van der Waals surface area contributed by atoms with E-state index < -0.39 is 0 Å². The maximum Gasteiger partial charge on any atom is 0.658 e. The van der Waals surface area contributed by atoms with Crippen LogP contribution in [0.2, 0.25) is 0 Å². The van der Waals surface area contributed by atoms with Gasteiger partial charge in [0, 0.05) is 0 Å². The number of rotatable bonds is 8. The van der Waals surface area contributed by atoms with Crippen LogP contribution in [0.3, 0.4) is 0 Å². The van der Waals surface area contributed by atoms with E-state index >= 15 is 0 Å². The molecule has 0 saturated heterocycles. The molecule has 0 aliphatic rings. The molecule has 1 radical (unpaired) electrons. The van der Waals surface area contributed by atoms with Gasteiger partial charge in [-0.2, -0.15) is 0 Å². The Morgan fingerprint density at radius 3 is 1.52 bits per heavy atom. The normalized spacial score (nSPS) is 10.1. The third-order valence-electron chi connectivity index (χ3n) is 3.26. The molecule has 2 rings (SSSR count). The van der Waals surface area contributed by atoms with Crippen LogP contribution < -0.4 is 18.8 Å². The van der Waals surface area contributed by atoms with Crippen molar-refractivity contribution in [3.63, 3.8) is 0 Å². The second-order valence-electron chi connectivity index (χ2n) is 5.05. The second-order valence-corrected chi connectivity index (χ2v) is 5.05. The van der Waals surface area contributed by atoms with Crippen LogP contribution in [0, 0.1) is 13.8 Å². The molecule has 5 heteroatoms. The molecule has 23 heavy (non-hydrogen) atoms. The lowest BCUT2D eigenvalue weighted by atomic mass is 10.2. The lowest BCUT2D eigenvalue weighted by Gasteiger charge is -2.12. The molecule has 0 aliphatic heterocycles. The van der Waals surface area contributed by atoms with E-state index in [1.807, 2.05) is 64.1 Å². The van der Waals surface area contributed by atoms with E-state index in [1.54, 1.807) is 0 Å². The first-order valence-corrected chi connectivity index (χ1v) is 7.76. The molecule has 0 aromatic heterocycles. The zero-order valence-electron chi connectivity index (χ0n) is 14.1. The molecule has 0 atom stereocenters. The van der Waals surface area contributed by atoms with Gasteiger partial charge in [0.25, 0.3) is 0 Å². The minimum atomic E-state index is 0.645. The van der Waals surface area contributed by atoms with Crippen molar-refractivity contribution < 1.29 is 18.8 Å². The minimum Gasteiger partial charge on any atom is -0.526 e. The van der Waals surface area contributed by atoms with Gasteiger partial charge in [-0.3, -0.25) is 0 Å². The standard InChI is InChI=1S/C18H22BO4/c1-5-20-15-7-9-17(13(3)11-15)22-19-23-18-10-8-16(21-6-2)12-14(18)4/h7-12H,5-6H2,1-4H3. The van der Waals surface area contributed by atoms with Gasteiger partial charge >= 0.3 is 7.69 Å². The molecule has 0 spiro atoms. The summed E-state index contributed by atoms with van der Waals surface area (Å²) in [6.07, 6.45) is 0. The van der Waals surface area contributed by atoms with Crippen LogP contribution in [0.5, 0.6) is 23.0 Å². The Labute approximate surface area is 138 Å². The topological polar surface area (TPSA) is 36.9 Å². The lowest BCUT2D eigenvalue weighted by Crippen LogP contribution is -2.12. The summed E-state index contributed by atoms with van der Waals surface area (Å²) in [5.74, 6) is 3.13. The van der Waals surface area contributed by atoms with E-state index in [9.17, 15) is 0 Å². The maximum atomic E-state index is 5.57. The predicted octanol–water partition coefficient (Wildman–Crippen LogP) is 4.09. The minimum absolute atomic E-state index is 0.645. The first-order valence-electron chi connectivity index (χ1n) is 7.76. The van der Waals surface area contributed by atoms with Gasteiger partial charge in [0.2, 0.25) is 0 Å². The third kappa shape index (κ3) is 4.85. The summed E-state index contributed by atoms with van der Waals surface area (Å²) in [7, 11) is 1.34. The SMILES string of the molecule is CCOc1ccc(O[B]Oc2ccc(OCC)cc2C)c(C)c1. The smallest absolute Gasteiger partial charge is 0.526 e. The van der Waals surface area contributed by atoms with E-state index in [4.69, 9.17) is 18.8 Å². The number of benzene rings is 2. The molecule has 2 aromatic rings. The Balaban J connectivity index is 1.92. The van der Waals surface area contributed by atoms with Crippen molar-refractivity contribution in [2.75, 3.05) is 13.2 Å². The fourth-order valence-corrected chi connectivity index (χ4v) is 2.15. The van der Waals surface area contributed by atoms with E-state index in [0.717, 1.165) is 34.1 Å². The highest BCUT2D eigenvalue weighted by Crippen LogP contribution is 2.25. The fraction of sp³-hybridized carbons (Fsp3) is 0.333. The van der Waals surface area contributed by atoms with E-state index in [0.29, 0.717) is 13.2 Å². The number of aryl methyl sites for hydroxylation is 2. The molecule has 0 fully saturated rings. The largest absolute Gasteiger partial charge is 0.658 e. The highest BCUT2D eigenvalue weighted by atomic mass is 16.6. The van der Waals surface area contributed by atoms with Crippen molar-refractivity contribution in [1.29, 1.82) is 0 Å². The van der Waals surface area contributed by atoms with Crippen molar-refractivity contribution in [3.8, 4) is 23.0 Å². The summed E-state index contributed by atoms with van der Waals surface area (Å²) in [6.45, 7) is 9.14. The van der Waals surface area contributed by atoms with Gasteiger partial charge < -0.3 is 18.8 Å².